The Morgan fingerprint density at radius 2 is 1.83 bits per heavy atom. The number of aromatic nitrogens is 1. The standard InChI is InChI=1S/C29H31F2N3O2/c1-19-12-14-34(20(2)29(19,36)21-7-4-3-5-8-21)28(35)26-18-33(23-9-6-13-32-16-23)17-25(26)24-11-10-22(30)15-27(24)31/h3-11,13,15-16,19-20,25-26,36H,12,14,17-18H2,1-2H3/t19-,20-,25-,26+,29-/m0/s1. The smallest absolute Gasteiger partial charge is 0.228 e. The van der Waals surface area contributed by atoms with Gasteiger partial charge in [0.2, 0.25) is 5.91 Å². The van der Waals surface area contributed by atoms with Gasteiger partial charge in [-0.15, -0.1) is 0 Å². The van der Waals surface area contributed by atoms with Gasteiger partial charge in [0.15, 0.2) is 0 Å². The van der Waals surface area contributed by atoms with Gasteiger partial charge in [0.1, 0.15) is 17.2 Å². The summed E-state index contributed by atoms with van der Waals surface area (Å²) in [5.41, 5.74) is 0.763. The van der Waals surface area contributed by atoms with E-state index in [2.05, 4.69) is 4.98 Å². The first-order chi connectivity index (χ1) is 17.3. The zero-order chi connectivity index (χ0) is 25.4. The van der Waals surface area contributed by atoms with Crippen molar-refractivity contribution in [3.63, 3.8) is 0 Å². The lowest BCUT2D eigenvalue weighted by Crippen LogP contribution is -2.60. The number of rotatable bonds is 4. The summed E-state index contributed by atoms with van der Waals surface area (Å²) in [5, 5.41) is 11.9. The molecule has 2 aliphatic rings. The van der Waals surface area contributed by atoms with E-state index in [1.807, 2.05) is 61.2 Å². The fourth-order valence-electron chi connectivity index (χ4n) is 6.06. The maximum atomic E-state index is 14.9. The third-order valence-electron chi connectivity index (χ3n) is 8.19. The van der Waals surface area contributed by atoms with Gasteiger partial charge >= 0.3 is 0 Å². The second-order valence-electron chi connectivity index (χ2n) is 10.1. The normalized spacial score (nSPS) is 28.4. The minimum atomic E-state index is -1.20. The van der Waals surface area contributed by atoms with Crippen molar-refractivity contribution in [1.29, 1.82) is 0 Å². The first-order valence-electron chi connectivity index (χ1n) is 12.5. The van der Waals surface area contributed by atoms with Gasteiger partial charge in [0, 0.05) is 37.8 Å². The largest absolute Gasteiger partial charge is 0.383 e. The molecule has 1 aromatic heterocycles. The van der Waals surface area contributed by atoms with Crippen LogP contribution in [0.3, 0.4) is 0 Å². The summed E-state index contributed by atoms with van der Waals surface area (Å²) in [6, 6.07) is 16.3. The van der Waals surface area contributed by atoms with Crippen LogP contribution in [0.15, 0.2) is 73.1 Å². The van der Waals surface area contributed by atoms with Crippen LogP contribution in [0.4, 0.5) is 14.5 Å². The van der Waals surface area contributed by atoms with Crippen molar-refractivity contribution in [2.24, 2.45) is 11.8 Å². The predicted molar refractivity (Wildman–Crippen MR) is 134 cm³/mol. The summed E-state index contributed by atoms with van der Waals surface area (Å²) in [6.07, 6.45) is 4.06. The van der Waals surface area contributed by atoms with E-state index in [-0.39, 0.29) is 11.8 Å². The summed E-state index contributed by atoms with van der Waals surface area (Å²) in [6.45, 7) is 5.21. The van der Waals surface area contributed by atoms with Crippen molar-refractivity contribution < 1.29 is 18.7 Å². The maximum absolute atomic E-state index is 14.9. The van der Waals surface area contributed by atoms with Crippen molar-refractivity contribution >= 4 is 11.6 Å². The maximum Gasteiger partial charge on any atom is 0.228 e. The Bertz CT molecular complexity index is 1230. The highest BCUT2D eigenvalue weighted by Crippen LogP contribution is 2.44. The topological polar surface area (TPSA) is 56.7 Å². The van der Waals surface area contributed by atoms with Crippen LogP contribution in [0.2, 0.25) is 0 Å². The van der Waals surface area contributed by atoms with Gasteiger partial charge in [-0.3, -0.25) is 9.78 Å². The molecule has 5 atom stereocenters. The van der Waals surface area contributed by atoms with Gasteiger partial charge in [0.05, 0.1) is 23.8 Å². The van der Waals surface area contributed by atoms with E-state index in [4.69, 9.17) is 0 Å². The Kier molecular flexibility index (Phi) is 6.51. The zero-order valence-corrected chi connectivity index (χ0v) is 20.5. The Morgan fingerprint density at radius 3 is 2.53 bits per heavy atom. The molecule has 0 bridgehead atoms. The molecular formula is C29H31F2N3O2. The minimum absolute atomic E-state index is 0.0419. The molecule has 3 heterocycles. The van der Waals surface area contributed by atoms with Crippen molar-refractivity contribution in [1.82, 2.24) is 9.88 Å². The van der Waals surface area contributed by atoms with Gasteiger partial charge in [-0.25, -0.2) is 8.78 Å². The van der Waals surface area contributed by atoms with Gasteiger partial charge < -0.3 is 14.9 Å². The Hall–Kier alpha value is -3.32. The molecule has 2 saturated heterocycles. The molecule has 1 N–H and O–H groups in total. The number of hydrogen-bond acceptors (Lipinski definition) is 4. The van der Waals surface area contributed by atoms with E-state index in [9.17, 15) is 18.7 Å². The molecule has 0 saturated carbocycles. The molecular weight excluding hydrogens is 460 g/mol. The number of piperidine rings is 1. The number of nitrogens with zero attached hydrogens (tertiary/aromatic N) is 3. The highest BCUT2D eigenvalue weighted by Gasteiger charge is 2.51. The third kappa shape index (κ3) is 4.15. The fourth-order valence-corrected chi connectivity index (χ4v) is 6.06. The number of aliphatic hydroxyl groups is 1. The quantitative estimate of drug-likeness (QED) is 0.574. The van der Waals surface area contributed by atoms with Crippen molar-refractivity contribution in [2.75, 3.05) is 24.5 Å². The van der Waals surface area contributed by atoms with E-state index < -0.39 is 35.1 Å². The molecule has 3 aromatic rings. The van der Waals surface area contributed by atoms with E-state index >= 15 is 0 Å². The van der Waals surface area contributed by atoms with Crippen LogP contribution >= 0.6 is 0 Å². The fraction of sp³-hybridized carbons (Fsp3) is 0.379. The van der Waals surface area contributed by atoms with E-state index in [1.54, 1.807) is 17.3 Å². The van der Waals surface area contributed by atoms with Crippen LogP contribution < -0.4 is 4.90 Å². The Morgan fingerprint density at radius 1 is 1.06 bits per heavy atom. The monoisotopic (exact) mass is 491 g/mol. The Labute approximate surface area is 210 Å². The Balaban J connectivity index is 1.49. The zero-order valence-electron chi connectivity index (χ0n) is 20.5. The summed E-state index contributed by atoms with van der Waals surface area (Å²) in [5.74, 6) is -2.47. The first kappa shape index (κ1) is 24.4. The minimum Gasteiger partial charge on any atom is -0.383 e. The summed E-state index contributed by atoms with van der Waals surface area (Å²) < 4.78 is 28.6. The molecule has 0 aliphatic carbocycles. The van der Waals surface area contributed by atoms with E-state index in [0.717, 1.165) is 17.3 Å². The van der Waals surface area contributed by atoms with Gasteiger partial charge in [0.25, 0.3) is 0 Å². The van der Waals surface area contributed by atoms with Gasteiger partial charge in [-0.2, -0.15) is 0 Å². The van der Waals surface area contributed by atoms with Gasteiger partial charge in [-0.1, -0.05) is 43.3 Å². The molecule has 2 fully saturated rings. The number of carbonyl (C=O) groups excluding carboxylic acids is 1. The lowest BCUT2D eigenvalue weighted by molar-refractivity contribution is -0.159. The molecule has 0 radical (unpaired) electrons. The van der Waals surface area contributed by atoms with E-state index in [1.165, 1.54) is 12.1 Å². The second kappa shape index (κ2) is 9.62. The number of pyridine rings is 1. The molecule has 5 nitrogen and oxygen atoms in total. The number of halogens is 2. The number of likely N-dealkylation sites (tertiary alicyclic amines) is 1. The number of amides is 1. The van der Waals surface area contributed by atoms with Crippen LogP contribution in [0, 0.1) is 23.5 Å². The third-order valence-corrected chi connectivity index (χ3v) is 8.19. The van der Waals surface area contributed by atoms with Crippen molar-refractivity contribution in [3.8, 4) is 0 Å². The highest BCUT2D eigenvalue weighted by atomic mass is 19.1. The molecule has 0 unspecified atom stereocenters. The SMILES string of the molecule is C[C@@H]1N(C(=O)[C@@H]2CN(c3cccnc3)C[C@H]2c2ccc(F)cc2F)CC[C@H](C)[C@@]1(O)c1ccccc1. The highest BCUT2D eigenvalue weighted by molar-refractivity contribution is 5.82. The molecule has 0 spiro atoms. The average molecular weight is 492 g/mol. The van der Waals surface area contributed by atoms with Gasteiger partial charge in [-0.05, 0) is 48.6 Å². The predicted octanol–water partition coefficient (Wildman–Crippen LogP) is 4.72. The molecule has 2 aliphatic heterocycles. The lowest BCUT2D eigenvalue weighted by Gasteiger charge is -2.50. The molecule has 5 rings (SSSR count). The average Bonchev–Trinajstić information content (AvgIpc) is 3.33. The lowest BCUT2D eigenvalue weighted by atomic mass is 9.72. The second-order valence-corrected chi connectivity index (χ2v) is 10.1. The van der Waals surface area contributed by atoms with Crippen molar-refractivity contribution in [3.05, 3.63) is 95.8 Å². The van der Waals surface area contributed by atoms with Crippen LogP contribution in [0.1, 0.15) is 37.3 Å². The van der Waals surface area contributed by atoms with Crippen LogP contribution in [-0.4, -0.2) is 46.6 Å². The van der Waals surface area contributed by atoms with Crippen LogP contribution in [0.5, 0.6) is 0 Å². The molecule has 7 heteroatoms. The molecule has 188 valence electrons. The molecule has 2 aromatic carbocycles. The number of benzene rings is 2. The summed E-state index contributed by atoms with van der Waals surface area (Å²) in [4.78, 5) is 22.1. The number of hydrogen-bond donors (Lipinski definition) is 1. The summed E-state index contributed by atoms with van der Waals surface area (Å²) in [7, 11) is 0. The number of carbonyl (C=O) groups is 1. The summed E-state index contributed by atoms with van der Waals surface area (Å²) >= 11 is 0. The molecule has 1 amide bonds. The van der Waals surface area contributed by atoms with E-state index in [0.29, 0.717) is 31.6 Å². The first-order valence-corrected chi connectivity index (χ1v) is 12.5. The van der Waals surface area contributed by atoms with Crippen molar-refractivity contribution in [2.45, 2.75) is 37.8 Å². The van der Waals surface area contributed by atoms with Crippen LogP contribution in [-0.2, 0) is 10.4 Å². The molecule has 36 heavy (non-hydrogen) atoms. The number of anilines is 1. The van der Waals surface area contributed by atoms with Crippen LogP contribution in [0.25, 0.3) is 0 Å².